The SMILES string of the molecule is CC1CCC(C(F)(F)F)N1C. The summed E-state index contributed by atoms with van der Waals surface area (Å²) in [6, 6.07) is -1.14. The molecule has 0 amide bonds. The molecule has 0 aromatic heterocycles. The lowest BCUT2D eigenvalue weighted by Crippen LogP contribution is -2.41. The van der Waals surface area contributed by atoms with Gasteiger partial charge >= 0.3 is 6.18 Å². The van der Waals surface area contributed by atoms with Gasteiger partial charge in [0.05, 0.1) is 0 Å². The van der Waals surface area contributed by atoms with Crippen LogP contribution in [0.25, 0.3) is 0 Å². The molecule has 66 valence electrons. The zero-order chi connectivity index (χ0) is 8.65. The number of alkyl halides is 3. The van der Waals surface area contributed by atoms with Crippen LogP contribution in [0.1, 0.15) is 19.8 Å². The Morgan fingerprint density at radius 2 is 1.82 bits per heavy atom. The van der Waals surface area contributed by atoms with E-state index in [9.17, 15) is 13.2 Å². The van der Waals surface area contributed by atoms with E-state index < -0.39 is 12.2 Å². The first-order chi connectivity index (χ1) is 4.93. The molecular formula is C7H12F3N. The Bertz CT molecular complexity index is 143. The largest absolute Gasteiger partial charge is 0.404 e. The van der Waals surface area contributed by atoms with Crippen molar-refractivity contribution in [1.29, 1.82) is 0 Å². The van der Waals surface area contributed by atoms with Crippen LogP contribution < -0.4 is 0 Å². The predicted octanol–water partition coefficient (Wildman–Crippen LogP) is 2.03. The number of rotatable bonds is 0. The van der Waals surface area contributed by atoms with Crippen LogP contribution in [-0.4, -0.2) is 30.2 Å². The Hall–Kier alpha value is -0.250. The first-order valence-electron chi connectivity index (χ1n) is 3.71. The van der Waals surface area contributed by atoms with Gasteiger partial charge in [-0.2, -0.15) is 13.2 Å². The van der Waals surface area contributed by atoms with E-state index in [2.05, 4.69) is 0 Å². The molecule has 1 saturated heterocycles. The third kappa shape index (κ3) is 1.67. The van der Waals surface area contributed by atoms with E-state index in [1.165, 1.54) is 11.9 Å². The highest BCUT2D eigenvalue weighted by molar-refractivity contribution is 4.87. The second kappa shape index (κ2) is 2.66. The number of nitrogens with zero attached hydrogens (tertiary/aromatic N) is 1. The quantitative estimate of drug-likeness (QED) is 0.533. The Kier molecular flexibility index (Phi) is 2.14. The molecule has 0 aromatic rings. The summed E-state index contributed by atoms with van der Waals surface area (Å²) >= 11 is 0. The fourth-order valence-electron chi connectivity index (χ4n) is 1.51. The fraction of sp³-hybridized carbons (Fsp3) is 1.00. The van der Waals surface area contributed by atoms with Gasteiger partial charge in [-0.05, 0) is 26.8 Å². The summed E-state index contributed by atoms with van der Waals surface area (Å²) in [7, 11) is 1.54. The standard InChI is InChI=1S/C7H12F3N/c1-5-3-4-6(11(5)2)7(8,9)10/h5-6H,3-4H2,1-2H3. The van der Waals surface area contributed by atoms with Crippen LogP contribution in [0.15, 0.2) is 0 Å². The molecule has 1 aliphatic heterocycles. The maximum Gasteiger partial charge on any atom is 0.404 e. The molecule has 1 heterocycles. The van der Waals surface area contributed by atoms with Gasteiger partial charge < -0.3 is 0 Å². The van der Waals surface area contributed by atoms with Gasteiger partial charge in [-0.3, -0.25) is 4.90 Å². The molecule has 0 N–H and O–H groups in total. The fourth-order valence-corrected chi connectivity index (χ4v) is 1.51. The summed E-state index contributed by atoms with van der Waals surface area (Å²) in [6.45, 7) is 1.83. The molecule has 1 rings (SSSR count). The summed E-state index contributed by atoms with van der Waals surface area (Å²) in [5, 5.41) is 0. The van der Waals surface area contributed by atoms with E-state index in [0.29, 0.717) is 6.42 Å². The van der Waals surface area contributed by atoms with Crippen molar-refractivity contribution in [3.05, 3.63) is 0 Å². The van der Waals surface area contributed by atoms with Crippen LogP contribution in [0.4, 0.5) is 13.2 Å². The lowest BCUT2D eigenvalue weighted by molar-refractivity contribution is -0.175. The maximum atomic E-state index is 12.1. The monoisotopic (exact) mass is 167 g/mol. The minimum atomic E-state index is -4.04. The Balaban J connectivity index is 2.62. The van der Waals surface area contributed by atoms with Gasteiger partial charge in [-0.15, -0.1) is 0 Å². The average Bonchev–Trinajstić information content (AvgIpc) is 2.11. The van der Waals surface area contributed by atoms with Crippen molar-refractivity contribution in [2.24, 2.45) is 0 Å². The highest BCUT2D eigenvalue weighted by Crippen LogP contribution is 2.34. The van der Waals surface area contributed by atoms with Gasteiger partial charge in [-0.25, -0.2) is 0 Å². The molecule has 1 fully saturated rings. The number of hydrogen-bond donors (Lipinski definition) is 0. The van der Waals surface area contributed by atoms with Crippen molar-refractivity contribution >= 4 is 0 Å². The van der Waals surface area contributed by atoms with E-state index in [-0.39, 0.29) is 12.5 Å². The molecule has 1 aliphatic rings. The molecular weight excluding hydrogens is 155 g/mol. The molecule has 0 bridgehead atoms. The van der Waals surface area contributed by atoms with Crippen LogP contribution >= 0.6 is 0 Å². The summed E-state index contributed by atoms with van der Waals surface area (Å²) in [6.07, 6.45) is -3.14. The summed E-state index contributed by atoms with van der Waals surface area (Å²) < 4.78 is 36.4. The Morgan fingerprint density at radius 3 is 2.00 bits per heavy atom. The van der Waals surface area contributed by atoms with E-state index >= 15 is 0 Å². The lowest BCUT2D eigenvalue weighted by Gasteiger charge is -2.25. The molecule has 2 atom stereocenters. The summed E-state index contributed by atoms with van der Waals surface area (Å²) in [5.41, 5.74) is 0. The molecule has 0 aromatic carbocycles. The van der Waals surface area contributed by atoms with Crippen LogP contribution in [0.5, 0.6) is 0 Å². The van der Waals surface area contributed by atoms with Crippen molar-refractivity contribution in [3.63, 3.8) is 0 Å². The molecule has 0 aliphatic carbocycles. The van der Waals surface area contributed by atoms with Crippen molar-refractivity contribution in [2.75, 3.05) is 7.05 Å². The van der Waals surface area contributed by atoms with E-state index in [1.807, 2.05) is 6.92 Å². The van der Waals surface area contributed by atoms with Gasteiger partial charge in [0.15, 0.2) is 0 Å². The summed E-state index contributed by atoms with van der Waals surface area (Å²) in [4.78, 5) is 1.40. The van der Waals surface area contributed by atoms with Crippen LogP contribution in [0.2, 0.25) is 0 Å². The molecule has 0 spiro atoms. The topological polar surface area (TPSA) is 3.24 Å². The molecule has 2 unspecified atom stereocenters. The van der Waals surface area contributed by atoms with E-state index in [0.717, 1.165) is 0 Å². The minimum Gasteiger partial charge on any atom is -0.293 e. The third-order valence-corrected chi connectivity index (χ3v) is 2.42. The van der Waals surface area contributed by atoms with Gasteiger partial charge in [0.25, 0.3) is 0 Å². The summed E-state index contributed by atoms with van der Waals surface area (Å²) in [5.74, 6) is 0. The first kappa shape index (κ1) is 8.84. The van der Waals surface area contributed by atoms with Crippen molar-refractivity contribution in [1.82, 2.24) is 4.90 Å². The van der Waals surface area contributed by atoms with Crippen molar-refractivity contribution < 1.29 is 13.2 Å². The Labute approximate surface area is 64.2 Å². The second-order valence-corrected chi connectivity index (χ2v) is 3.15. The van der Waals surface area contributed by atoms with Gasteiger partial charge in [0.2, 0.25) is 0 Å². The molecule has 1 nitrogen and oxygen atoms in total. The zero-order valence-electron chi connectivity index (χ0n) is 6.65. The van der Waals surface area contributed by atoms with E-state index in [1.54, 1.807) is 0 Å². The highest BCUT2D eigenvalue weighted by Gasteiger charge is 2.46. The van der Waals surface area contributed by atoms with Gasteiger partial charge in [-0.1, -0.05) is 0 Å². The maximum absolute atomic E-state index is 12.1. The number of halogens is 3. The normalized spacial score (nSPS) is 34.6. The zero-order valence-corrected chi connectivity index (χ0v) is 6.65. The number of hydrogen-bond acceptors (Lipinski definition) is 1. The molecule has 0 saturated carbocycles. The molecule has 0 radical (unpaired) electrons. The first-order valence-corrected chi connectivity index (χ1v) is 3.71. The molecule has 11 heavy (non-hydrogen) atoms. The smallest absolute Gasteiger partial charge is 0.293 e. The lowest BCUT2D eigenvalue weighted by atomic mass is 10.2. The highest BCUT2D eigenvalue weighted by atomic mass is 19.4. The second-order valence-electron chi connectivity index (χ2n) is 3.15. The third-order valence-electron chi connectivity index (χ3n) is 2.42. The molecule has 4 heteroatoms. The van der Waals surface area contributed by atoms with E-state index in [4.69, 9.17) is 0 Å². The number of likely N-dealkylation sites (tertiary alicyclic amines) is 1. The average molecular weight is 167 g/mol. The van der Waals surface area contributed by atoms with Crippen LogP contribution in [-0.2, 0) is 0 Å². The van der Waals surface area contributed by atoms with Crippen LogP contribution in [0, 0.1) is 0 Å². The predicted molar refractivity (Wildman–Crippen MR) is 36.3 cm³/mol. The van der Waals surface area contributed by atoms with Crippen molar-refractivity contribution in [3.8, 4) is 0 Å². The van der Waals surface area contributed by atoms with Crippen molar-refractivity contribution in [2.45, 2.75) is 38.0 Å². The van der Waals surface area contributed by atoms with Gasteiger partial charge in [0, 0.05) is 6.04 Å². The van der Waals surface area contributed by atoms with Gasteiger partial charge in [0.1, 0.15) is 6.04 Å². The van der Waals surface area contributed by atoms with Crippen LogP contribution in [0.3, 0.4) is 0 Å². The Morgan fingerprint density at radius 1 is 1.27 bits per heavy atom. The minimum absolute atomic E-state index is 0.0709.